The minimum Gasteiger partial charge on any atom is -1.00 e. The van der Waals surface area contributed by atoms with Crippen molar-refractivity contribution >= 4 is 6.29 Å². The Kier molecular flexibility index (Phi) is 7.40. The van der Waals surface area contributed by atoms with E-state index in [0.717, 1.165) is 11.8 Å². The smallest absolute Gasteiger partial charge is 1.00 e. The summed E-state index contributed by atoms with van der Waals surface area (Å²) in [6.45, 7) is 0.689. The molecule has 0 unspecified atom stereocenters. The zero-order chi connectivity index (χ0) is 7.94. The van der Waals surface area contributed by atoms with Crippen molar-refractivity contribution in [2.75, 3.05) is 6.61 Å². The largest absolute Gasteiger partial charge is 1.00 e. The van der Waals surface area contributed by atoms with Gasteiger partial charge in [0, 0.05) is 0 Å². The van der Waals surface area contributed by atoms with Crippen LogP contribution in [0.15, 0.2) is 30.3 Å². The Morgan fingerprint density at radius 3 is 2.58 bits per heavy atom. The van der Waals surface area contributed by atoms with E-state index >= 15 is 0 Å². The normalized spacial score (nSPS) is 8.67. The number of benzene rings is 1. The van der Waals surface area contributed by atoms with E-state index in [0.29, 0.717) is 6.61 Å². The number of ether oxygens (including phenoxy) is 1. The monoisotopic (exact) mass is 174 g/mol. The predicted octanol–water partition coefficient (Wildman–Crippen LogP) is -1.48. The Balaban J connectivity index is 0. The molecule has 0 atom stereocenters. The first-order chi connectivity index (χ1) is 5.43. The van der Waals surface area contributed by atoms with Crippen molar-refractivity contribution in [2.45, 2.75) is 6.61 Å². The van der Waals surface area contributed by atoms with E-state index in [4.69, 9.17) is 4.74 Å². The van der Waals surface area contributed by atoms with Crippen LogP contribution in [0, 0.1) is 0 Å². The molecule has 0 saturated carbocycles. The molecule has 1 rings (SSSR count). The summed E-state index contributed by atoms with van der Waals surface area (Å²) in [5, 5.41) is 0. The molecule has 0 radical (unpaired) electrons. The molecule has 0 aliphatic heterocycles. The fourth-order valence-electron chi connectivity index (χ4n) is 0.799. The molecule has 0 saturated heterocycles. The molecule has 0 bridgehead atoms. The molecule has 0 heterocycles. The Morgan fingerprint density at radius 1 is 1.33 bits per heavy atom. The number of rotatable bonds is 4. The summed E-state index contributed by atoms with van der Waals surface area (Å²) in [5.41, 5.74) is 1.09. The third-order valence-corrected chi connectivity index (χ3v) is 1.30. The van der Waals surface area contributed by atoms with Gasteiger partial charge in [0.05, 0.1) is 6.61 Å². The summed E-state index contributed by atoms with van der Waals surface area (Å²) in [7, 11) is 0. The number of hydrogen-bond donors (Lipinski definition) is 0. The third kappa shape index (κ3) is 4.67. The van der Waals surface area contributed by atoms with Crippen molar-refractivity contribution < 1.29 is 40.5 Å². The first-order valence-corrected chi connectivity index (χ1v) is 3.49. The Labute approximate surface area is 95.7 Å². The van der Waals surface area contributed by atoms with Crippen molar-refractivity contribution in [3.63, 3.8) is 0 Å². The Bertz CT molecular complexity index is 216. The van der Waals surface area contributed by atoms with E-state index in [9.17, 15) is 4.79 Å². The zero-order valence-electron chi connectivity index (χ0n) is 8.19. The maximum atomic E-state index is 9.87. The summed E-state index contributed by atoms with van der Waals surface area (Å²) in [6, 6.07) is 9.76. The molecule has 12 heavy (non-hydrogen) atoms. The minimum atomic E-state index is 0. The second-order valence-electron chi connectivity index (χ2n) is 2.17. The summed E-state index contributed by atoms with van der Waals surface area (Å²) >= 11 is 0. The molecule has 3 heteroatoms. The van der Waals surface area contributed by atoms with Gasteiger partial charge in [0.1, 0.15) is 12.9 Å². The fraction of sp³-hybridized carbons (Fsp3) is 0.222. The molecule has 2 nitrogen and oxygen atoms in total. The van der Waals surface area contributed by atoms with Crippen molar-refractivity contribution in [1.82, 2.24) is 0 Å². The number of hydrogen-bond acceptors (Lipinski definition) is 2. The second kappa shape index (κ2) is 7.50. The molecule has 0 fully saturated rings. The van der Waals surface area contributed by atoms with Crippen molar-refractivity contribution in [2.24, 2.45) is 0 Å². The number of aldehydes is 1. The summed E-state index contributed by atoms with van der Waals surface area (Å²) in [6.07, 6.45) is 0.753. The van der Waals surface area contributed by atoms with Gasteiger partial charge in [-0.3, -0.25) is 0 Å². The molecule has 60 valence electrons. The van der Waals surface area contributed by atoms with Crippen LogP contribution in [0.5, 0.6) is 0 Å². The van der Waals surface area contributed by atoms with Crippen LogP contribution in [0.2, 0.25) is 0 Å². The van der Waals surface area contributed by atoms with Gasteiger partial charge in [-0.05, 0) is 5.56 Å². The SMILES string of the molecule is O=CCOCc1ccccc1.[H-].[Na+]. The van der Waals surface area contributed by atoms with E-state index in [2.05, 4.69) is 0 Å². The van der Waals surface area contributed by atoms with E-state index in [1.165, 1.54) is 0 Å². The van der Waals surface area contributed by atoms with Crippen LogP contribution in [-0.2, 0) is 16.1 Å². The minimum absolute atomic E-state index is 0. The molecule has 0 spiro atoms. The van der Waals surface area contributed by atoms with Gasteiger partial charge in [-0.2, -0.15) is 0 Å². The quantitative estimate of drug-likeness (QED) is 0.316. The third-order valence-electron chi connectivity index (χ3n) is 1.30. The van der Waals surface area contributed by atoms with Crippen LogP contribution in [0.3, 0.4) is 0 Å². The zero-order valence-corrected chi connectivity index (χ0v) is 9.19. The molecule has 0 amide bonds. The van der Waals surface area contributed by atoms with Gasteiger partial charge in [0.25, 0.3) is 0 Å². The van der Waals surface area contributed by atoms with Crippen molar-refractivity contribution in [3.8, 4) is 0 Å². The van der Waals surface area contributed by atoms with Crippen LogP contribution in [0.4, 0.5) is 0 Å². The van der Waals surface area contributed by atoms with Crippen molar-refractivity contribution in [3.05, 3.63) is 35.9 Å². The van der Waals surface area contributed by atoms with Crippen LogP contribution in [0.25, 0.3) is 0 Å². The Morgan fingerprint density at radius 2 is 2.00 bits per heavy atom. The predicted molar refractivity (Wildman–Crippen MR) is 43.3 cm³/mol. The average Bonchev–Trinajstić information content (AvgIpc) is 2.07. The van der Waals surface area contributed by atoms with Crippen LogP contribution in [0.1, 0.15) is 6.99 Å². The second-order valence-corrected chi connectivity index (χ2v) is 2.17. The first-order valence-electron chi connectivity index (χ1n) is 3.49. The van der Waals surface area contributed by atoms with Crippen LogP contribution in [-0.4, -0.2) is 12.9 Å². The van der Waals surface area contributed by atoms with Gasteiger partial charge in [0.2, 0.25) is 0 Å². The van der Waals surface area contributed by atoms with Gasteiger partial charge in [0.15, 0.2) is 0 Å². The summed E-state index contributed by atoms with van der Waals surface area (Å²) in [4.78, 5) is 9.87. The molecule has 1 aromatic rings. The van der Waals surface area contributed by atoms with Gasteiger partial charge in [-0.1, -0.05) is 30.3 Å². The maximum absolute atomic E-state index is 9.87. The van der Waals surface area contributed by atoms with Gasteiger partial charge in [-0.25, -0.2) is 0 Å². The molecule has 0 aromatic heterocycles. The first kappa shape index (κ1) is 11.8. The Hall–Kier alpha value is -0.150. The maximum Gasteiger partial charge on any atom is 1.00 e. The molecular formula is C9H11NaO2. The summed E-state index contributed by atoms with van der Waals surface area (Å²) in [5.74, 6) is 0. The van der Waals surface area contributed by atoms with Crippen LogP contribution < -0.4 is 29.6 Å². The molecule has 1 aromatic carbocycles. The topological polar surface area (TPSA) is 26.3 Å². The van der Waals surface area contributed by atoms with E-state index in [1.54, 1.807) is 0 Å². The van der Waals surface area contributed by atoms with E-state index in [1.807, 2.05) is 30.3 Å². The number of carbonyl (C=O) groups excluding carboxylic acids is 1. The van der Waals surface area contributed by atoms with Crippen LogP contribution >= 0.6 is 0 Å². The van der Waals surface area contributed by atoms with E-state index in [-0.39, 0.29) is 37.6 Å². The van der Waals surface area contributed by atoms with Crippen molar-refractivity contribution in [1.29, 1.82) is 0 Å². The molecule has 0 N–H and O–H groups in total. The van der Waals surface area contributed by atoms with Gasteiger partial charge < -0.3 is 11.0 Å². The fourth-order valence-corrected chi connectivity index (χ4v) is 0.799. The number of carbonyl (C=O) groups is 1. The average molecular weight is 174 g/mol. The van der Waals surface area contributed by atoms with E-state index < -0.39 is 0 Å². The summed E-state index contributed by atoms with van der Waals surface area (Å²) < 4.78 is 5.00. The van der Waals surface area contributed by atoms with Gasteiger partial charge >= 0.3 is 29.6 Å². The standard InChI is InChI=1S/C9H10O2.Na.H/c10-6-7-11-8-9-4-2-1-3-5-9;;/h1-6H,7-8H2;;/q;+1;-1. The molecule has 0 aliphatic rings. The van der Waals surface area contributed by atoms with Gasteiger partial charge in [-0.15, -0.1) is 0 Å². The molecule has 0 aliphatic carbocycles. The molecular weight excluding hydrogens is 163 g/mol.